The second kappa shape index (κ2) is 5.40. The molecule has 0 aliphatic rings. The molecule has 0 fully saturated rings. The van der Waals surface area contributed by atoms with Crippen molar-refractivity contribution in [3.8, 4) is 11.6 Å². The molecule has 92 valence electrons. The Morgan fingerprint density at radius 1 is 1.33 bits per heavy atom. The van der Waals surface area contributed by atoms with E-state index in [1.165, 1.54) is 0 Å². The van der Waals surface area contributed by atoms with Gasteiger partial charge in [0.15, 0.2) is 12.0 Å². The van der Waals surface area contributed by atoms with E-state index < -0.39 is 0 Å². The zero-order chi connectivity index (χ0) is 13.0. The van der Waals surface area contributed by atoms with Crippen LogP contribution in [0.4, 0.5) is 0 Å². The number of carbonyl (C=O) groups is 1. The van der Waals surface area contributed by atoms with Gasteiger partial charge in [-0.2, -0.15) is 0 Å². The summed E-state index contributed by atoms with van der Waals surface area (Å²) in [5.74, 6) is 0.956. The van der Waals surface area contributed by atoms with Gasteiger partial charge in [-0.05, 0) is 37.6 Å². The van der Waals surface area contributed by atoms with Gasteiger partial charge in [0.25, 0.3) is 0 Å². The number of aryl methyl sites for hydroxylation is 2. The van der Waals surface area contributed by atoms with E-state index in [1.54, 1.807) is 18.3 Å². The van der Waals surface area contributed by atoms with Crippen LogP contribution in [-0.4, -0.2) is 16.3 Å². The highest BCUT2D eigenvalue weighted by atomic mass is 16.5. The number of hydrogen-bond donors (Lipinski definition) is 0. The first-order valence-corrected chi connectivity index (χ1v) is 5.79. The van der Waals surface area contributed by atoms with E-state index in [9.17, 15) is 4.79 Å². The fourth-order valence-electron chi connectivity index (χ4n) is 1.63. The lowest BCUT2D eigenvalue weighted by molar-refractivity contribution is 0.112. The van der Waals surface area contributed by atoms with Gasteiger partial charge >= 0.3 is 0 Å². The Morgan fingerprint density at radius 2 is 2.17 bits per heavy atom. The Bertz CT molecular complexity index is 567. The molecule has 0 aromatic carbocycles. The van der Waals surface area contributed by atoms with Crippen LogP contribution in [0.25, 0.3) is 0 Å². The minimum absolute atomic E-state index is 0.313. The summed E-state index contributed by atoms with van der Waals surface area (Å²) >= 11 is 0. The highest BCUT2D eigenvalue weighted by molar-refractivity contribution is 5.78. The zero-order valence-electron chi connectivity index (χ0n) is 10.4. The van der Waals surface area contributed by atoms with Gasteiger partial charge in [-0.25, -0.2) is 4.98 Å². The van der Waals surface area contributed by atoms with Gasteiger partial charge in [-0.15, -0.1) is 0 Å². The molecular weight excluding hydrogens is 228 g/mol. The SMILES string of the molecule is CCc1nc(C)ccc1Oc1ncccc1C=O. The van der Waals surface area contributed by atoms with Crippen molar-refractivity contribution < 1.29 is 9.53 Å². The summed E-state index contributed by atoms with van der Waals surface area (Å²) in [6.07, 6.45) is 3.09. The van der Waals surface area contributed by atoms with E-state index in [4.69, 9.17) is 4.74 Å². The van der Waals surface area contributed by atoms with Crippen LogP contribution in [-0.2, 0) is 6.42 Å². The van der Waals surface area contributed by atoms with Crippen LogP contribution < -0.4 is 4.74 Å². The monoisotopic (exact) mass is 242 g/mol. The van der Waals surface area contributed by atoms with Gasteiger partial charge in [0.05, 0.1) is 11.3 Å². The van der Waals surface area contributed by atoms with Gasteiger partial charge in [0.2, 0.25) is 5.88 Å². The van der Waals surface area contributed by atoms with Gasteiger partial charge in [-0.1, -0.05) is 6.92 Å². The van der Waals surface area contributed by atoms with Crippen molar-refractivity contribution >= 4 is 6.29 Å². The highest BCUT2D eigenvalue weighted by Crippen LogP contribution is 2.25. The van der Waals surface area contributed by atoms with Crippen molar-refractivity contribution in [1.82, 2.24) is 9.97 Å². The second-order valence-electron chi connectivity index (χ2n) is 3.87. The third kappa shape index (κ3) is 2.53. The van der Waals surface area contributed by atoms with Crippen molar-refractivity contribution in [2.24, 2.45) is 0 Å². The van der Waals surface area contributed by atoms with Gasteiger partial charge in [0.1, 0.15) is 0 Å². The summed E-state index contributed by atoms with van der Waals surface area (Å²) in [6, 6.07) is 7.09. The Kier molecular flexibility index (Phi) is 3.67. The molecule has 4 nitrogen and oxygen atoms in total. The van der Waals surface area contributed by atoms with Gasteiger partial charge in [0, 0.05) is 11.9 Å². The third-order valence-corrected chi connectivity index (χ3v) is 2.54. The predicted octanol–water partition coefficient (Wildman–Crippen LogP) is 2.95. The molecular formula is C14H14N2O2. The maximum absolute atomic E-state index is 10.9. The maximum Gasteiger partial charge on any atom is 0.229 e. The zero-order valence-corrected chi connectivity index (χ0v) is 10.4. The number of aromatic nitrogens is 2. The number of pyridine rings is 2. The molecule has 0 atom stereocenters. The van der Waals surface area contributed by atoms with E-state index in [1.807, 2.05) is 26.0 Å². The molecule has 0 bridgehead atoms. The molecule has 2 aromatic rings. The van der Waals surface area contributed by atoms with Crippen LogP contribution in [0.5, 0.6) is 11.6 Å². The molecule has 18 heavy (non-hydrogen) atoms. The number of carbonyl (C=O) groups excluding carboxylic acids is 1. The average Bonchev–Trinajstić information content (AvgIpc) is 2.41. The Hall–Kier alpha value is -2.23. The molecule has 0 aliphatic carbocycles. The summed E-state index contributed by atoms with van der Waals surface area (Å²) in [7, 11) is 0. The molecule has 2 aromatic heterocycles. The molecule has 2 rings (SSSR count). The third-order valence-electron chi connectivity index (χ3n) is 2.54. The summed E-state index contributed by atoms with van der Waals surface area (Å²) in [4.78, 5) is 19.4. The molecule has 0 spiro atoms. The molecule has 0 N–H and O–H groups in total. The van der Waals surface area contributed by atoms with Crippen molar-refractivity contribution in [2.75, 3.05) is 0 Å². The first-order valence-electron chi connectivity index (χ1n) is 5.79. The fourth-order valence-corrected chi connectivity index (χ4v) is 1.63. The largest absolute Gasteiger partial charge is 0.436 e. The van der Waals surface area contributed by atoms with Gasteiger partial charge < -0.3 is 4.74 Å². The van der Waals surface area contributed by atoms with E-state index in [0.717, 1.165) is 24.1 Å². The molecule has 4 heteroatoms. The standard InChI is InChI=1S/C14H14N2O2/c1-3-12-13(7-6-10(2)16-12)18-14-11(9-17)5-4-8-15-14/h4-9H,3H2,1-2H3. The second-order valence-corrected chi connectivity index (χ2v) is 3.87. The van der Waals surface area contributed by atoms with Crippen LogP contribution in [0, 0.1) is 6.92 Å². The van der Waals surface area contributed by atoms with Crippen molar-refractivity contribution in [3.05, 3.63) is 47.4 Å². The Balaban J connectivity index is 2.36. The summed E-state index contributed by atoms with van der Waals surface area (Å²) in [6.45, 7) is 3.94. The van der Waals surface area contributed by atoms with Crippen LogP contribution in [0.2, 0.25) is 0 Å². The summed E-state index contributed by atoms with van der Waals surface area (Å²) < 4.78 is 5.67. The quantitative estimate of drug-likeness (QED) is 0.773. The molecule has 0 saturated heterocycles. The summed E-state index contributed by atoms with van der Waals surface area (Å²) in [5.41, 5.74) is 2.23. The summed E-state index contributed by atoms with van der Waals surface area (Å²) in [5, 5.41) is 0. The van der Waals surface area contributed by atoms with Crippen LogP contribution in [0.1, 0.15) is 28.7 Å². The van der Waals surface area contributed by atoms with Crippen molar-refractivity contribution in [2.45, 2.75) is 20.3 Å². The maximum atomic E-state index is 10.9. The lowest BCUT2D eigenvalue weighted by Crippen LogP contribution is -1.98. The topological polar surface area (TPSA) is 52.1 Å². The van der Waals surface area contributed by atoms with Crippen molar-refractivity contribution in [1.29, 1.82) is 0 Å². The lowest BCUT2D eigenvalue weighted by atomic mass is 10.2. The van der Waals surface area contributed by atoms with Crippen molar-refractivity contribution in [3.63, 3.8) is 0 Å². The minimum Gasteiger partial charge on any atom is -0.436 e. The van der Waals surface area contributed by atoms with Gasteiger partial charge in [-0.3, -0.25) is 9.78 Å². The first-order chi connectivity index (χ1) is 8.74. The van der Waals surface area contributed by atoms with E-state index in [0.29, 0.717) is 17.2 Å². The van der Waals surface area contributed by atoms with Crippen LogP contribution in [0.3, 0.4) is 0 Å². The van der Waals surface area contributed by atoms with E-state index in [2.05, 4.69) is 9.97 Å². The lowest BCUT2D eigenvalue weighted by Gasteiger charge is -2.10. The van der Waals surface area contributed by atoms with E-state index in [-0.39, 0.29) is 0 Å². The smallest absolute Gasteiger partial charge is 0.229 e. The number of rotatable bonds is 4. The van der Waals surface area contributed by atoms with Crippen LogP contribution in [0.15, 0.2) is 30.5 Å². The number of aldehydes is 1. The molecule has 0 amide bonds. The first kappa shape index (κ1) is 12.2. The Morgan fingerprint density at radius 3 is 2.89 bits per heavy atom. The molecule has 0 saturated carbocycles. The molecule has 0 unspecified atom stereocenters. The molecule has 0 aliphatic heterocycles. The Labute approximate surface area is 106 Å². The molecule has 0 radical (unpaired) electrons. The average molecular weight is 242 g/mol. The number of nitrogens with zero attached hydrogens (tertiary/aromatic N) is 2. The predicted molar refractivity (Wildman–Crippen MR) is 68.1 cm³/mol. The number of ether oxygens (including phenoxy) is 1. The van der Waals surface area contributed by atoms with Crippen LogP contribution >= 0.6 is 0 Å². The minimum atomic E-state index is 0.313. The highest BCUT2D eigenvalue weighted by Gasteiger charge is 2.09. The fraction of sp³-hybridized carbons (Fsp3) is 0.214. The number of hydrogen-bond acceptors (Lipinski definition) is 4. The van der Waals surface area contributed by atoms with E-state index >= 15 is 0 Å². The normalized spacial score (nSPS) is 10.1. The molecule has 2 heterocycles.